The van der Waals surface area contributed by atoms with Gasteiger partial charge in [-0.3, -0.25) is 0 Å². The average Bonchev–Trinajstić information content (AvgIpc) is 2.77. The number of thioether (sulfide) groups is 1. The minimum Gasteiger partial charge on any atom is -0.474 e. The number of piperidine rings is 1. The second-order valence-electron chi connectivity index (χ2n) is 7.48. The highest BCUT2D eigenvalue weighted by Crippen LogP contribution is 2.35. The maximum atomic E-state index is 12.8. The first-order valence-electron chi connectivity index (χ1n) is 9.66. The molecule has 1 aliphatic heterocycles. The van der Waals surface area contributed by atoms with Gasteiger partial charge in [-0.05, 0) is 26.0 Å². The largest absolute Gasteiger partial charge is 0.474 e. The number of nitrogens with zero attached hydrogens (tertiary/aromatic N) is 5. The predicted octanol–water partition coefficient (Wildman–Crippen LogP) is 3.15. The molecule has 0 spiro atoms. The van der Waals surface area contributed by atoms with E-state index in [9.17, 15) is 23.1 Å². The van der Waals surface area contributed by atoms with Crippen LogP contribution < -0.4 is 4.74 Å². The highest BCUT2D eigenvalue weighted by molar-refractivity contribution is 7.98. The molecule has 0 aromatic carbocycles. The summed E-state index contributed by atoms with van der Waals surface area (Å²) >= 11 is 1.32. The van der Waals surface area contributed by atoms with E-state index in [1.807, 2.05) is 0 Å². The van der Waals surface area contributed by atoms with E-state index in [1.165, 1.54) is 35.8 Å². The average molecular weight is 473 g/mol. The standard InChI is InChI=1S/C19H22F3N5O4S/c1-18(30,10-31-13-3-6-23-15(25-13)19(20,21)22)12-9-24-16(32-2)26-14(12)11-4-7-27(8-5-11)17(28)29/h3,6,9,11,30H,4-5,7-8,10H2,1-2H3,(H,28,29). The molecule has 3 rings (SSSR count). The topological polar surface area (TPSA) is 122 Å². The third-order valence-corrected chi connectivity index (χ3v) is 5.66. The molecule has 2 N–H and O–H groups in total. The molecule has 1 atom stereocenters. The Morgan fingerprint density at radius 2 is 1.97 bits per heavy atom. The molecule has 1 amide bonds. The second-order valence-corrected chi connectivity index (χ2v) is 8.25. The number of likely N-dealkylation sites (tertiary alicyclic amines) is 1. The van der Waals surface area contributed by atoms with Crippen molar-refractivity contribution in [2.75, 3.05) is 26.0 Å². The Kier molecular flexibility index (Phi) is 7.08. The van der Waals surface area contributed by atoms with Crippen molar-refractivity contribution in [2.24, 2.45) is 0 Å². The fraction of sp³-hybridized carbons (Fsp3) is 0.526. The van der Waals surface area contributed by atoms with Gasteiger partial charge in [0.1, 0.15) is 12.2 Å². The number of hydrogen-bond donors (Lipinski definition) is 2. The lowest BCUT2D eigenvalue weighted by Gasteiger charge is -2.33. The fourth-order valence-corrected chi connectivity index (χ4v) is 3.75. The molecule has 1 aliphatic rings. The number of rotatable bonds is 6. The lowest BCUT2D eigenvalue weighted by Crippen LogP contribution is -2.38. The van der Waals surface area contributed by atoms with Crippen LogP contribution in [0.4, 0.5) is 18.0 Å². The summed E-state index contributed by atoms with van der Waals surface area (Å²) in [4.78, 5) is 27.8. The van der Waals surface area contributed by atoms with Crippen molar-refractivity contribution in [3.63, 3.8) is 0 Å². The molecule has 0 radical (unpaired) electrons. The molecule has 0 saturated carbocycles. The zero-order valence-corrected chi connectivity index (χ0v) is 18.2. The lowest BCUT2D eigenvalue weighted by molar-refractivity contribution is -0.145. The number of halogens is 3. The zero-order chi connectivity index (χ0) is 23.5. The maximum Gasteiger partial charge on any atom is 0.451 e. The van der Waals surface area contributed by atoms with Gasteiger partial charge in [0.15, 0.2) is 5.16 Å². The van der Waals surface area contributed by atoms with Gasteiger partial charge in [0.25, 0.3) is 0 Å². The van der Waals surface area contributed by atoms with Crippen LogP contribution in [0.15, 0.2) is 23.6 Å². The van der Waals surface area contributed by atoms with Crippen LogP contribution in [0.1, 0.15) is 42.8 Å². The van der Waals surface area contributed by atoms with Gasteiger partial charge in [0.05, 0.1) is 5.69 Å². The van der Waals surface area contributed by atoms with E-state index in [-0.39, 0.29) is 11.8 Å². The number of ether oxygens (including phenoxy) is 1. The summed E-state index contributed by atoms with van der Waals surface area (Å²) in [6.45, 7) is 1.71. The van der Waals surface area contributed by atoms with Gasteiger partial charge in [-0.1, -0.05) is 11.8 Å². The summed E-state index contributed by atoms with van der Waals surface area (Å²) in [5.74, 6) is -1.78. The van der Waals surface area contributed by atoms with Crippen molar-refractivity contribution < 1.29 is 32.9 Å². The number of amides is 1. The van der Waals surface area contributed by atoms with Crippen LogP contribution in [0.3, 0.4) is 0 Å². The number of carboxylic acid groups (broad SMARTS) is 1. The van der Waals surface area contributed by atoms with Crippen LogP contribution in [0, 0.1) is 0 Å². The Hall–Kier alpha value is -2.67. The summed E-state index contributed by atoms with van der Waals surface area (Å²) in [7, 11) is 0. The summed E-state index contributed by atoms with van der Waals surface area (Å²) < 4.78 is 43.8. The zero-order valence-electron chi connectivity index (χ0n) is 17.3. The molecule has 2 aromatic heterocycles. The summed E-state index contributed by atoms with van der Waals surface area (Å²) in [5.41, 5.74) is -0.699. The van der Waals surface area contributed by atoms with E-state index < -0.39 is 30.3 Å². The van der Waals surface area contributed by atoms with Gasteiger partial charge in [-0.2, -0.15) is 18.2 Å². The predicted molar refractivity (Wildman–Crippen MR) is 107 cm³/mol. The van der Waals surface area contributed by atoms with Crippen molar-refractivity contribution in [3.8, 4) is 5.88 Å². The van der Waals surface area contributed by atoms with Gasteiger partial charge in [-0.15, -0.1) is 0 Å². The molecule has 174 valence electrons. The van der Waals surface area contributed by atoms with Gasteiger partial charge >= 0.3 is 12.3 Å². The Balaban J connectivity index is 1.82. The van der Waals surface area contributed by atoms with Crippen LogP contribution in [-0.2, 0) is 11.8 Å². The third kappa shape index (κ3) is 5.57. The highest BCUT2D eigenvalue weighted by Gasteiger charge is 2.36. The fourth-order valence-electron chi connectivity index (χ4n) is 3.40. The Bertz CT molecular complexity index is 968. The monoisotopic (exact) mass is 473 g/mol. The van der Waals surface area contributed by atoms with Crippen LogP contribution >= 0.6 is 11.8 Å². The maximum absolute atomic E-state index is 12.8. The molecule has 9 nitrogen and oxygen atoms in total. The minimum absolute atomic E-state index is 0.114. The van der Waals surface area contributed by atoms with Crippen LogP contribution in [0.5, 0.6) is 5.88 Å². The Morgan fingerprint density at radius 3 is 2.56 bits per heavy atom. The van der Waals surface area contributed by atoms with Crippen molar-refractivity contribution in [2.45, 2.75) is 42.6 Å². The first-order valence-corrected chi connectivity index (χ1v) is 10.9. The van der Waals surface area contributed by atoms with Gasteiger partial charge < -0.3 is 19.8 Å². The molecule has 0 bridgehead atoms. The summed E-state index contributed by atoms with van der Waals surface area (Å²) in [6.07, 6.45) is -0.467. The molecule has 3 heterocycles. The van der Waals surface area contributed by atoms with Gasteiger partial charge in [-0.25, -0.2) is 19.7 Å². The number of carbonyl (C=O) groups is 1. The molecular formula is C19H22F3N5O4S. The van der Waals surface area contributed by atoms with Crippen molar-refractivity contribution >= 4 is 17.9 Å². The van der Waals surface area contributed by atoms with Crippen LogP contribution in [0.2, 0.25) is 0 Å². The number of hydrogen-bond acceptors (Lipinski definition) is 8. The second kappa shape index (κ2) is 9.45. The molecule has 1 fully saturated rings. The van der Waals surface area contributed by atoms with Gasteiger partial charge in [0, 0.05) is 43.0 Å². The number of alkyl halides is 3. The van der Waals surface area contributed by atoms with E-state index in [2.05, 4.69) is 19.9 Å². The summed E-state index contributed by atoms with van der Waals surface area (Å²) in [5, 5.41) is 20.8. The van der Waals surface area contributed by atoms with Crippen LogP contribution in [0.25, 0.3) is 0 Å². The van der Waals surface area contributed by atoms with E-state index in [4.69, 9.17) is 9.84 Å². The van der Waals surface area contributed by atoms with E-state index in [1.54, 1.807) is 6.26 Å². The normalized spacial score (nSPS) is 17.1. The Labute approximate surface area is 186 Å². The number of aromatic nitrogens is 4. The molecule has 32 heavy (non-hydrogen) atoms. The van der Waals surface area contributed by atoms with E-state index in [0.29, 0.717) is 42.3 Å². The van der Waals surface area contributed by atoms with Crippen LogP contribution in [-0.4, -0.2) is 67.1 Å². The van der Waals surface area contributed by atoms with Crippen molar-refractivity contribution in [1.29, 1.82) is 0 Å². The van der Waals surface area contributed by atoms with Crippen molar-refractivity contribution in [1.82, 2.24) is 24.8 Å². The molecule has 1 unspecified atom stereocenters. The molecule has 2 aromatic rings. The third-order valence-electron chi connectivity index (χ3n) is 5.10. The molecule has 0 aliphatic carbocycles. The first-order chi connectivity index (χ1) is 15.0. The van der Waals surface area contributed by atoms with Gasteiger partial charge in [0.2, 0.25) is 11.7 Å². The molecule has 1 saturated heterocycles. The highest BCUT2D eigenvalue weighted by atomic mass is 32.2. The molecular weight excluding hydrogens is 451 g/mol. The molecule has 13 heteroatoms. The number of aliphatic hydroxyl groups is 1. The van der Waals surface area contributed by atoms with Crippen molar-refractivity contribution in [3.05, 3.63) is 35.5 Å². The summed E-state index contributed by atoms with van der Waals surface area (Å²) in [6, 6.07) is 1.17. The minimum atomic E-state index is -4.72. The van der Waals surface area contributed by atoms with E-state index >= 15 is 0 Å². The smallest absolute Gasteiger partial charge is 0.451 e. The lowest BCUT2D eigenvalue weighted by atomic mass is 9.86. The quantitative estimate of drug-likeness (QED) is 0.481. The SMILES string of the molecule is CSc1ncc(C(C)(O)COc2ccnc(C(F)(F)F)n2)c(C2CCN(C(=O)O)CC2)n1. The van der Waals surface area contributed by atoms with E-state index in [0.717, 1.165) is 6.20 Å². The Morgan fingerprint density at radius 1 is 1.28 bits per heavy atom. The first kappa shape index (κ1) is 24.0.